The molecular formula is C24H24BrN3O5. The SMILES string of the molecule is COc1ccc2c(=O)[nH]cc(Br)c2c1.COc1ccc2c(=O)[nH]cc(N3CCOCC3)c2c1. The third-order valence-electron chi connectivity index (χ3n) is 5.50. The standard InChI is InChI=1S/C14H16N2O3.C10H8BrNO2/c1-18-10-2-3-11-12(8-10)13(9-15-14(11)17)16-4-6-19-7-5-16;1-14-6-2-3-7-8(4-6)9(11)5-12-10(7)13/h2-3,8-9H,4-7H2,1H3,(H,15,17);2-5H,1H3,(H,12,13). The van der Waals surface area contributed by atoms with Crippen LogP contribution in [0.4, 0.5) is 5.69 Å². The number of ether oxygens (including phenoxy) is 3. The fourth-order valence-electron chi connectivity index (χ4n) is 3.75. The average Bonchev–Trinajstić information content (AvgIpc) is 2.87. The van der Waals surface area contributed by atoms with Crippen LogP contribution in [0.3, 0.4) is 0 Å². The van der Waals surface area contributed by atoms with Crippen molar-refractivity contribution in [3.63, 3.8) is 0 Å². The molecule has 2 aromatic heterocycles. The Morgan fingerprint density at radius 3 is 1.97 bits per heavy atom. The zero-order valence-electron chi connectivity index (χ0n) is 18.3. The maximum Gasteiger partial charge on any atom is 0.255 e. The second-order valence-corrected chi connectivity index (χ2v) is 8.25. The predicted molar refractivity (Wildman–Crippen MR) is 133 cm³/mol. The summed E-state index contributed by atoms with van der Waals surface area (Å²) in [5.74, 6) is 1.50. The number of halogens is 1. The smallest absolute Gasteiger partial charge is 0.255 e. The first-order valence-electron chi connectivity index (χ1n) is 10.4. The van der Waals surface area contributed by atoms with Crippen LogP contribution in [-0.2, 0) is 4.74 Å². The van der Waals surface area contributed by atoms with Crippen molar-refractivity contribution >= 4 is 43.2 Å². The number of methoxy groups -OCH3 is 2. The van der Waals surface area contributed by atoms with Crippen LogP contribution in [-0.4, -0.2) is 50.5 Å². The molecule has 0 atom stereocenters. The van der Waals surface area contributed by atoms with Crippen LogP contribution in [0.2, 0.25) is 0 Å². The highest BCUT2D eigenvalue weighted by molar-refractivity contribution is 9.10. The molecule has 0 aliphatic carbocycles. The summed E-state index contributed by atoms with van der Waals surface area (Å²) < 4.78 is 16.5. The van der Waals surface area contributed by atoms with E-state index in [2.05, 4.69) is 30.8 Å². The van der Waals surface area contributed by atoms with Gasteiger partial charge in [-0.05, 0) is 52.3 Å². The normalized spacial score (nSPS) is 13.5. The summed E-state index contributed by atoms with van der Waals surface area (Å²) in [5.41, 5.74) is 0.859. The number of pyridine rings is 2. The van der Waals surface area contributed by atoms with Crippen molar-refractivity contribution in [1.29, 1.82) is 0 Å². The molecule has 0 unspecified atom stereocenters. The predicted octanol–water partition coefficient (Wildman–Crippen LogP) is 3.67. The van der Waals surface area contributed by atoms with Gasteiger partial charge in [-0.3, -0.25) is 9.59 Å². The van der Waals surface area contributed by atoms with Gasteiger partial charge in [-0.25, -0.2) is 0 Å². The highest BCUT2D eigenvalue weighted by Crippen LogP contribution is 2.28. The Morgan fingerprint density at radius 2 is 1.36 bits per heavy atom. The fourth-order valence-corrected chi connectivity index (χ4v) is 4.19. The molecule has 0 saturated carbocycles. The van der Waals surface area contributed by atoms with E-state index in [4.69, 9.17) is 14.2 Å². The van der Waals surface area contributed by atoms with E-state index in [1.807, 2.05) is 12.1 Å². The lowest BCUT2D eigenvalue weighted by molar-refractivity contribution is 0.123. The van der Waals surface area contributed by atoms with Gasteiger partial charge in [0.25, 0.3) is 11.1 Å². The maximum atomic E-state index is 11.9. The molecule has 0 spiro atoms. The third-order valence-corrected chi connectivity index (χ3v) is 6.15. The fraction of sp³-hybridized carbons (Fsp3) is 0.250. The Labute approximate surface area is 198 Å². The van der Waals surface area contributed by atoms with Gasteiger partial charge in [0.2, 0.25) is 0 Å². The number of benzene rings is 2. The minimum absolute atomic E-state index is 0.0744. The summed E-state index contributed by atoms with van der Waals surface area (Å²) in [7, 11) is 3.23. The number of anilines is 1. The number of fused-ring (bicyclic) bond motifs is 2. The van der Waals surface area contributed by atoms with Crippen LogP contribution < -0.4 is 25.5 Å². The van der Waals surface area contributed by atoms with E-state index < -0.39 is 0 Å². The Bertz CT molecular complexity index is 1390. The number of morpholine rings is 1. The number of hydrogen-bond acceptors (Lipinski definition) is 6. The topological polar surface area (TPSA) is 96.7 Å². The molecule has 33 heavy (non-hydrogen) atoms. The molecule has 5 rings (SSSR count). The molecule has 9 heteroatoms. The van der Waals surface area contributed by atoms with E-state index >= 15 is 0 Å². The summed E-state index contributed by atoms with van der Waals surface area (Å²) in [5, 5.41) is 3.11. The molecule has 1 fully saturated rings. The quantitative estimate of drug-likeness (QED) is 0.433. The summed E-state index contributed by atoms with van der Waals surface area (Å²) in [6.45, 7) is 3.09. The molecule has 2 N–H and O–H groups in total. The van der Waals surface area contributed by atoms with Crippen molar-refractivity contribution < 1.29 is 14.2 Å². The van der Waals surface area contributed by atoms with E-state index in [1.165, 1.54) is 0 Å². The molecule has 1 aliphatic heterocycles. The molecule has 0 radical (unpaired) electrons. The van der Waals surface area contributed by atoms with Crippen molar-refractivity contribution in [3.05, 3.63) is 74.0 Å². The van der Waals surface area contributed by atoms with E-state index in [0.717, 1.165) is 45.5 Å². The lowest BCUT2D eigenvalue weighted by Gasteiger charge is -2.29. The summed E-state index contributed by atoms with van der Waals surface area (Å²) >= 11 is 3.37. The number of rotatable bonds is 3. The number of aromatic nitrogens is 2. The second kappa shape index (κ2) is 10.1. The molecule has 3 heterocycles. The van der Waals surface area contributed by atoms with Crippen molar-refractivity contribution in [2.24, 2.45) is 0 Å². The largest absolute Gasteiger partial charge is 0.497 e. The van der Waals surface area contributed by atoms with Crippen molar-refractivity contribution in [2.45, 2.75) is 0 Å². The van der Waals surface area contributed by atoms with Crippen LogP contribution in [0.5, 0.6) is 11.5 Å². The van der Waals surface area contributed by atoms with E-state index in [9.17, 15) is 9.59 Å². The monoisotopic (exact) mass is 513 g/mol. The molecule has 2 aromatic carbocycles. The van der Waals surface area contributed by atoms with Gasteiger partial charge in [0.15, 0.2) is 0 Å². The number of aromatic amines is 2. The van der Waals surface area contributed by atoms with Gasteiger partial charge >= 0.3 is 0 Å². The van der Waals surface area contributed by atoms with Crippen molar-refractivity contribution in [1.82, 2.24) is 9.97 Å². The van der Waals surface area contributed by atoms with E-state index in [-0.39, 0.29) is 11.1 Å². The average molecular weight is 514 g/mol. The Kier molecular flexibility index (Phi) is 7.00. The molecular weight excluding hydrogens is 490 g/mol. The zero-order valence-corrected chi connectivity index (χ0v) is 19.9. The molecule has 0 bridgehead atoms. The lowest BCUT2D eigenvalue weighted by atomic mass is 10.1. The number of hydrogen-bond donors (Lipinski definition) is 2. The maximum absolute atomic E-state index is 11.9. The van der Waals surface area contributed by atoms with Crippen LogP contribution in [0.25, 0.3) is 21.5 Å². The highest BCUT2D eigenvalue weighted by Gasteiger charge is 2.15. The summed E-state index contributed by atoms with van der Waals surface area (Å²) in [4.78, 5) is 30.9. The number of H-pyrrole nitrogens is 2. The molecule has 8 nitrogen and oxygen atoms in total. The van der Waals surface area contributed by atoms with Gasteiger partial charge in [0.1, 0.15) is 11.5 Å². The second-order valence-electron chi connectivity index (χ2n) is 7.39. The summed E-state index contributed by atoms with van der Waals surface area (Å²) in [6.07, 6.45) is 3.40. The van der Waals surface area contributed by atoms with E-state index in [0.29, 0.717) is 24.0 Å². The van der Waals surface area contributed by atoms with Gasteiger partial charge in [-0.2, -0.15) is 0 Å². The van der Waals surface area contributed by atoms with Crippen LogP contribution >= 0.6 is 15.9 Å². The first kappa shape index (κ1) is 22.9. The molecule has 4 aromatic rings. The minimum Gasteiger partial charge on any atom is -0.497 e. The molecule has 1 aliphatic rings. The first-order valence-corrected chi connectivity index (χ1v) is 11.2. The lowest BCUT2D eigenvalue weighted by Crippen LogP contribution is -2.36. The minimum atomic E-state index is -0.0918. The Hall–Kier alpha value is -3.30. The third kappa shape index (κ3) is 4.89. The van der Waals surface area contributed by atoms with Crippen LogP contribution in [0.15, 0.2) is 62.9 Å². The molecule has 1 saturated heterocycles. The van der Waals surface area contributed by atoms with Crippen molar-refractivity contribution in [3.8, 4) is 11.5 Å². The van der Waals surface area contributed by atoms with Gasteiger partial charge in [-0.1, -0.05) is 0 Å². The number of nitrogens with zero attached hydrogens (tertiary/aromatic N) is 1. The summed E-state index contributed by atoms with van der Waals surface area (Å²) in [6, 6.07) is 10.9. The molecule has 0 amide bonds. The molecule has 172 valence electrons. The van der Waals surface area contributed by atoms with Gasteiger partial charge < -0.3 is 29.1 Å². The van der Waals surface area contributed by atoms with Crippen molar-refractivity contribution in [2.75, 3.05) is 45.4 Å². The first-order chi connectivity index (χ1) is 16.0. The van der Waals surface area contributed by atoms with Gasteiger partial charge in [-0.15, -0.1) is 0 Å². The highest BCUT2D eigenvalue weighted by atomic mass is 79.9. The van der Waals surface area contributed by atoms with Gasteiger partial charge in [0.05, 0.1) is 33.1 Å². The Morgan fingerprint density at radius 1 is 0.818 bits per heavy atom. The Balaban J connectivity index is 0.000000165. The number of nitrogens with one attached hydrogen (secondary N) is 2. The van der Waals surface area contributed by atoms with E-state index in [1.54, 1.807) is 50.9 Å². The van der Waals surface area contributed by atoms with Crippen LogP contribution in [0.1, 0.15) is 0 Å². The van der Waals surface area contributed by atoms with Gasteiger partial charge in [0, 0.05) is 51.5 Å². The zero-order chi connectivity index (χ0) is 23.4. The van der Waals surface area contributed by atoms with Crippen LogP contribution in [0, 0.1) is 0 Å².